The average molecular weight is 487 g/mol. The lowest BCUT2D eigenvalue weighted by Gasteiger charge is -2.37. The number of benzene rings is 3. The zero-order valence-corrected chi connectivity index (χ0v) is 21.7. The fraction of sp³-hybridized carbons (Fsp3) is 0.333. The SMILES string of the molecule is CCCc1cc2c(cc1OC)CCN(Sc1ccccc1)C2CCc1c[nH]c2ccc(OC)cc12. The van der Waals surface area contributed by atoms with Gasteiger partial charge in [-0.3, -0.25) is 0 Å². The van der Waals surface area contributed by atoms with Gasteiger partial charge in [-0.25, -0.2) is 4.31 Å². The molecule has 1 atom stereocenters. The maximum absolute atomic E-state index is 5.78. The normalized spacial score (nSPS) is 15.8. The van der Waals surface area contributed by atoms with E-state index in [2.05, 4.69) is 77.0 Å². The molecular weight excluding hydrogens is 452 g/mol. The monoisotopic (exact) mass is 486 g/mol. The Labute approximate surface area is 212 Å². The van der Waals surface area contributed by atoms with E-state index in [1.807, 2.05) is 18.0 Å². The van der Waals surface area contributed by atoms with Crippen molar-refractivity contribution in [1.29, 1.82) is 0 Å². The number of fused-ring (bicyclic) bond motifs is 2. The van der Waals surface area contributed by atoms with E-state index < -0.39 is 0 Å². The Kier molecular flexibility index (Phi) is 7.35. The first kappa shape index (κ1) is 23.8. The maximum atomic E-state index is 5.78. The number of nitrogens with one attached hydrogen (secondary N) is 1. The van der Waals surface area contributed by atoms with Gasteiger partial charge in [0.1, 0.15) is 11.5 Å². The molecule has 3 aromatic carbocycles. The highest BCUT2D eigenvalue weighted by Crippen LogP contribution is 2.42. The van der Waals surface area contributed by atoms with Crippen LogP contribution in [-0.4, -0.2) is 30.1 Å². The molecule has 0 fully saturated rings. The van der Waals surface area contributed by atoms with Crippen molar-refractivity contribution in [1.82, 2.24) is 9.29 Å². The molecule has 1 aliphatic heterocycles. The number of H-pyrrole nitrogens is 1. The van der Waals surface area contributed by atoms with Gasteiger partial charge in [0, 0.05) is 34.6 Å². The molecule has 1 aliphatic rings. The molecule has 35 heavy (non-hydrogen) atoms. The van der Waals surface area contributed by atoms with Crippen LogP contribution in [0.1, 0.15) is 48.1 Å². The molecule has 5 heteroatoms. The molecule has 0 saturated carbocycles. The minimum atomic E-state index is 0.334. The van der Waals surface area contributed by atoms with E-state index in [0.29, 0.717) is 6.04 Å². The topological polar surface area (TPSA) is 37.5 Å². The quantitative estimate of drug-likeness (QED) is 0.251. The summed E-state index contributed by atoms with van der Waals surface area (Å²) in [7, 11) is 3.53. The van der Waals surface area contributed by atoms with Crippen molar-refractivity contribution in [3.63, 3.8) is 0 Å². The third-order valence-corrected chi connectivity index (χ3v) is 8.15. The van der Waals surface area contributed by atoms with E-state index in [4.69, 9.17) is 9.47 Å². The lowest BCUT2D eigenvalue weighted by Crippen LogP contribution is -2.31. The Bertz CT molecular complexity index is 1280. The molecule has 1 unspecified atom stereocenters. The highest BCUT2D eigenvalue weighted by atomic mass is 32.2. The second-order valence-electron chi connectivity index (χ2n) is 9.19. The van der Waals surface area contributed by atoms with Gasteiger partial charge in [0.15, 0.2) is 0 Å². The van der Waals surface area contributed by atoms with Crippen molar-refractivity contribution < 1.29 is 9.47 Å². The lowest BCUT2D eigenvalue weighted by atomic mass is 9.88. The molecule has 182 valence electrons. The fourth-order valence-corrected chi connectivity index (χ4v) is 6.30. The lowest BCUT2D eigenvalue weighted by molar-refractivity contribution is 0.321. The van der Waals surface area contributed by atoms with Crippen LogP contribution in [0.25, 0.3) is 10.9 Å². The molecule has 0 bridgehead atoms. The number of nitrogens with zero attached hydrogens (tertiary/aromatic N) is 1. The van der Waals surface area contributed by atoms with Crippen molar-refractivity contribution >= 4 is 22.9 Å². The summed E-state index contributed by atoms with van der Waals surface area (Å²) in [4.78, 5) is 4.74. The third-order valence-electron chi connectivity index (χ3n) is 7.00. The van der Waals surface area contributed by atoms with Crippen LogP contribution in [0.15, 0.2) is 71.8 Å². The van der Waals surface area contributed by atoms with Crippen molar-refractivity contribution in [2.45, 2.75) is 50.0 Å². The summed E-state index contributed by atoms with van der Waals surface area (Å²) >= 11 is 1.89. The highest BCUT2D eigenvalue weighted by molar-refractivity contribution is 7.97. The molecule has 0 saturated heterocycles. The molecule has 4 aromatic rings. The molecule has 0 amide bonds. The zero-order valence-electron chi connectivity index (χ0n) is 20.8. The molecule has 0 radical (unpaired) electrons. The van der Waals surface area contributed by atoms with Crippen LogP contribution in [0.5, 0.6) is 11.5 Å². The molecular formula is C30H34N2O2S. The van der Waals surface area contributed by atoms with Gasteiger partial charge in [0.05, 0.1) is 14.2 Å². The van der Waals surface area contributed by atoms with Crippen LogP contribution in [0.4, 0.5) is 0 Å². The number of aryl methyl sites for hydroxylation is 2. The van der Waals surface area contributed by atoms with Gasteiger partial charge in [-0.2, -0.15) is 0 Å². The van der Waals surface area contributed by atoms with Gasteiger partial charge in [0.25, 0.3) is 0 Å². The Morgan fingerprint density at radius 3 is 2.60 bits per heavy atom. The molecule has 5 rings (SSSR count). The Balaban J connectivity index is 1.48. The molecule has 2 heterocycles. The van der Waals surface area contributed by atoms with Gasteiger partial charge in [-0.1, -0.05) is 37.6 Å². The summed E-state index contributed by atoms with van der Waals surface area (Å²) in [6, 6.07) is 22.1. The van der Waals surface area contributed by atoms with E-state index in [1.165, 1.54) is 32.5 Å². The van der Waals surface area contributed by atoms with Gasteiger partial charge < -0.3 is 14.5 Å². The van der Waals surface area contributed by atoms with E-state index in [9.17, 15) is 0 Å². The first-order valence-electron chi connectivity index (χ1n) is 12.5. The maximum Gasteiger partial charge on any atom is 0.122 e. The number of methoxy groups -OCH3 is 2. The van der Waals surface area contributed by atoms with E-state index >= 15 is 0 Å². The molecule has 1 aromatic heterocycles. The standard InChI is InChI=1S/C30H34N2O2S/c1-4-8-22-17-27-21(18-30(22)34-3)15-16-32(35-25-9-6-5-7-10-25)29(27)14-11-23-20-31-28-13-12-24(33-2)19-26(23)28/h5-7,9-10,12-13,17-20,29,31H,4,8,11,14-16H2,1-3H3. The first-order chi connectivity index (χ1) is 17.2. The summed E-state index contributed by atoms with van der Waals surface area (Å²) in [6.07, 6.45) is 7.40. The number of aromatic amines is 1. The van der Waals surface area contributed by atoms with Crippen molar-refractivity contribution in [2.75, 3.05) is 20.8 Å². The fourth-order valence-electron chi connectivity index (χ4n) is 5.22. The predicted molar refractivity (Wildman–Crippen MR) is 146 cm³/mol. The number of aromatic nitrogens is 1. The predicted octanol–water partition coefficient (Wildman–Crippen LogP) is 7.38. The second-order valence-corrected chi connectivity index (χ2v) is 10.3. The van der Waals surface area contributed by atoms with Crippen LogP contribution in [-0.2, 0) is 19.3 Å². The number of rotatable bonds is 9. The van der Waals surface area contributed by atoms with Crippen LogP contribution >= 0.6 is 11.9 Å². The van der Waals surface area contributed by atoms with Crippen LogP contribution in [0, 0.1) is 0 Å². The van der Waals surface area contributed by atoms with Crippen LogP contribution < -0.4 is 9.47 Å². The van der Waals surface area contributed by atoms with Gasteiger partial charge >= 0.3 is 0 Å². The summed E-state index contributed by atoms with van der Waals surface area (Å²) in [5.74, 6) is 1.94. The van der Waals surface area contributed by atoms with Crippen LogP contribution in [0.2, 0.25) is 0 Å². The summed E-state index contributed by atoms with van der Waals surface area (Å²) in [5, 5.41) is 1.25. The largest absolute Gasteiger partial charge is 0.497 e. The molecule has 4 nitrogen and oxygen atoms in total. The van der Waals surface area contributed by atoms with E-state index in [1.54, 1.807) is 14.2 Å². The van der Waals surface area contributed by atoms with Crippen LogP contribution in [0.3, 0.4) is 0 Å². The van der Waals surface area contributed by atoms with Gasteiger partial charge in [0.2, 0.25) is 0 Å². The van der Waals surface area contributed by atoms with Crippen molar-refractivity contribution in [3.8, 4) is 11.5 Å². The smallest absolute Gasteiger partial charge is 0.122 e. The minimum absolute atomic E-state index is 0.334. The molecule has 0 aliphatic carbocycles. The average Bonchev–Trinajstić information content (AvgIpc) is 3.30. The Hall–Kier alpha value is -2.89. The third kappa shape index (κ3) is 5.07. The van der Waals surface area contributed by atoms with Crippen molar-refractivity contribution in [3.05, 3.63) is 89.1 Å². The molecule has 1 N–H and O–H groups in total. The summed E-state index contributed by atoms with van der Waals surface area (Å²) < 4.78 is 13.9. The highest BCUT2D eigenvalue weighted by Gasteiger charge is 2.29. The Morgan fingerprint density at radius 1 is 0.971 bits per heavy atom. The number of hydrogen-bond donors (Lipinski definition) is 1. The van der Waals surface area contributed by atoms with Gasteiger partial charge in [-0.05, 0) is 96.3 Å². The summed E-state index contributed by atoms with van der Waals surface area (Å²) in [5.41, 5.74) is 6.72. The summed E-state index contributed by atoms with van der Waals surface area (Å²) in [6.45, 7) is 3.26. The first-order valence-corrected chi connectivity index (χ1v) is 13.3. The Morgan fingerprint density at radius 2 is 1.83 bits per heavy atom. The minimum Gasteiger partial charge on any atom is -0.497 e. The van der Waals surface area contributed by atoms with Crippen molar-refractivity contribution in [2.24, 2.45) is 0 Å². The zero-order chi connectivity index (χ0) is 24.2. The van der Waals surface area contributed by atoms with E-state index in [0.717, 1.165) is 55.7 Å². The molecule has 0 spiro atoms. The number of hydrogen-bond acceptors (Lipinski definition) is 4. The number of ether oxygens (including phenoxy) is 2. The van der Waals surface area contributed by atoms with E-state index in [-0.39, 0.29) is 0 Å². The van der Waals surface area contributed by atoms with Gasteiger partial charge in [-0.15, -0.1) is 0 Å². The second kappa shape index (κ2) is 10.8.